The van der Waals surface area contributed by atoms with Gasteiger partial charge in [0.15, 0.2) is 0 Å². The molecule has 3 aromatic rings. The first-order valence-corrected chi connectivity index (χ1v) is 7.37. The Morgan fingerprint density at radius 3 is 2.88 bits per heavy atom. The number of aryl methyl sites for hydroxylation is 2. The minimum atomic E-state index is -0.246. The summed E-state index contributed by atoms with van der Waals surface area (Å²) in [6.07, 6.45) is 5.10. The molecule has 0 aliphatic rings. The fraction of sp³-hybridized carbons (Fsp3) is 0.250. The number of carbonyl (C=O) groups excluding carboxylic acids is 1. The maximum Gasteiger partial charge on any atom is 0.258 e. The summed E-state index contributed by atoms with van der Waals surface area (Å²) in [6.45, 7) is 0.348. The Hall–Kier alpha value is -3.16. The topological polar surface area (TPSA) is 86.9 Å². The van der Waals surface area contributed by atoms with Gasteiger partial charge in [-0.05, 0) is 18.2 Å². The molecule has 0 aliphatic heterocycles. The van der Waals surface area contributed by atoms with Crippen molar-refractivity contribution in [1.29, 1.82) is 0 Å². The van der Waals surface area contributed by atoms with Crippen molar-refractivity contribution in [3.8, 4) is 17.1 Å². The third kappa shape index (κ3) is 3.12. The van der Waals surface area contributed by atoms with Crippen molar-refractivity contribution in [3.05, 3.63) is 48.0 Å². The van der Waals surface area contributed by atoms with E-state index in [-0.39, 0.29) is 5.91 Å². The Balaban J connectivity index is 1.73. The molecule has 0 unspecified atom stereocenters. The molecule has 0 spiro atoms. The zero-order valence-corrected chi connectivity index (χ0v) is 13.7. The van der Waals surface area contributed by atoms with Crippen molar-refractivity contribution in [2.45, 2.75) is 6.54 Å². The minimum Gasteiger partial charge on any atom is -0.479 e. The normalized spacial score (nSPS) is 10.6. The van der Waals surface area contributed by atoms with Gasteiger partial charge in [0.25, 0.3) is 5.91 Å². The van der Waals surface area contributed by atoms with Crippen LogP contribution in [0.5, 0.6) is 5.88 Å². The van der Waals surface area contributed by atoms with Crippen LogP contribution in [-0.2, 0) is 20.6 Å². The molecule has 0 fully saturated rings. The number of ether oxygens (including phenoxy) is 1. The van der Waals surface area contributed by atoms with E-state index in [4.69, 9.17) is 4.74 Å². The number of amides is 1. The van der Waals surface area contributed by atoms with Crippen molar-refractivity contribution >= 4 is 5.91 Å². The molecule has 3 aromatic heterocycles. The molecule has 1 amide bonds. The molecule has 0 aliphatic carbocycles. The van der Waals surface area contributed by atoms with Gasteiger partial charge in [0.05, 0.1) is 25.0 Å². The summed E-state index contributed by atoms with van der Waals surface area (Å²) in [4.78, 5) is 16.4. The van der Waals surface area contributed by atoms with Crippen LogP contribution in [0, 0.1) is 0 Å². The van der Waals surface area contributed by atoms with Gasteiger partial charge in [-0.15, -0.1) is 5.10 Å². The molecule has 0 radical (unpaired) electrons. The second kappa shape index (κ2) is 6.53. The van der Waals surface area contributed by atoms with E-state index in [2.05, 4.69) is 20.5 Å². The summed E-state index contributed by atoms with van der Waals surface area (Å²) in [5.74, 6) is 0.0557. The molecule has 8 heteroatoms. The molecular weight excluding hydrogens is 308 g/mol. The third-order valence-corrected chi connectivity index (χ3v) is 3.60. The number of hydrogen-bond acceptors (Lipinski definition) is 5. The van der Waals surface area contributed by atoms with Crippen LogP contribution in [0.1, 0.15) is 16.1 Å². The predicted octanol–water partition coefficient (Wildman–Crippen LogP) is 1.15. The van der Waals surface area contributed by atoms with Crippen LogP contribution >= 0.6 is 0 Å². The average Bonchev–Trinajstić information content (AvgIpc) is 3.16. The highest BCUT2D eigenvalue weighted by Gasteiger charge is 2.17. The number of rotatable bonds is 5. The van der Waals surface area contributed by atoms with E-state index in [1.54, 1.807) is 35.0 Å². The van der Waals surface area contributed by atoms with Crippen LogP contribution in [0.3, 0.4) is 0 Å². The summed E-state index contributed by atoms with van der Waals surface area (Å²) < 4.78 is 8.39. The number of nitrogens with zero attached hydrogens (tertiary/aromatic N) is 5. The molecule has 0 atom stereocenters. The van der Waals surface area contributed by atoms with Gasteiger partial charge < -0.3 is 10.1 Å². The number of carbonyl (C=O) groups is 1. The van der Waals surface area contributed by atoms with Gasteiger partial charge in [-0.3, -0.25) is 19.1 Å². The Labute approximate surface area is 139 Å². The summed E-state index contributed by atoms with van der Waals surface area (Å²) in [5.41, 5.74) is 3.02. The number of methoxy groups -OCH3 is 1. The summed E-state index contributed by atoms with van der Waals surface area (Å²) in [7, 11) is 5.06. The quantitative estimate of drug-likeness (QED) is 0.760. The lowest BCUT2D eigenvalue weighted by molar-refractivity contribution is 0.0947. The minimum absolute atomic E-state index is 0.246. The molecular formula is C16H18N6O2. The molecule has 0 saturated heterocycles. The summed E-state index contributed by atoms with van der Waals surface area (Å²) >= 11 is 0. The average molecular weight is 326 g/mol. The van der Waals surface area contributed by atoms with E-state index in [1.165, 1.54) is 7.11 Å². The van der Waals surface area contributed by atoms with E-state index in [1.807, 2.05) is 25.2 Å². The Kier molecular flexibility index (Phi) is 4.28. The Bertz CT molecular complexity index is 853. The maximum absolute atomic E-state index is 12.3. The lowest BCUT2D eigenvalue weighted by Crippen LogP contribution is -2.24. The zero-order valence-electron chi connectivity index (χ0n) is 13.7. The van der Waals surface area contributed by atoms with Crippen LogP contribution in [0.4, 0.5) is 0 Å². The predicted molar refractivity (Wildman–Crippen MR) is 87.4 cm³/mol. The lowest BCUT2D eigenvalue weighted by Gasteiger charge is -2.04. The maximum atomic E-state index is 12.3. The molecule has 3 rings (SSSR count). The van der Waals surface area contributed by atoms with Crippen molar-refractivity contribution in [2.75, 3.05) is 7.11 Å². The lowest BCUT2D eigenvalue weighted by atomic mass is 10.2. The Morgan fingerprint density at radius 2 is 2.17 bits per heavy atom. The second-order valence-corrected chi connectivity index (χ2v) is 5.29. The smallest absolute Gasteiger partial charge is 0.258 e. The Morgan fingerprint density at radius 1 is 1.33 bits per heavy atom. The van der Waals surface area contributed by atoms with Gasteiger partial charge in [0.2, 0.25) is 5.88 Å². The SMILES string of the molecule is COc1nn(C)cc1C(=O)NCc1cc(-c2cccnc2)nn1C. The second-order valence-electron chi connectivity index (χ2n) is 5.29. The van der Waals surface area contributed by atoms with Gasteiger partial charge in [-0.25, -0.2) is 0 Å². The molecule has 0 aromatic carbocycles. The molecule has 8 nitrogen and oxygen atoms in total. The highest BCUT2D eigenvalue weighted by molar-refractivity contribution is 5.96. The highest BCUT2D eigenvalue weighted by atomic mass is 16.5. The van der Waals surface area contributed by atoms with Crippen molar-refractivity contribution in [1.82, 2.24) is 29.9 Å². The van der Waals surface area contributed by atoms with Gasteiger partial charge in [0, 0.05) is 38.2 Å². The number of pyridine rings is 1. The van der Waals surface area contributed by atoms with Crippen molar-refractivity contribution in [3.63, 3.8) is 0 Å². The number of aromatic nitrogens is 5. The molecule has 0 bridgehead atoms. The molecule has 0 saturated carbocycles. The molecule has 124 valence electrons. The van der Waals surface area contributed by atoms with E-state index in [0.717, 1.165) is 17.0 Å². The summed E-state index contributed by atoms with van der Waals surface area (Å²) in [5, 5.41) is 11.4. The highest BCUT2D eigenvalue weighted by Crippen LogP contribution is 2.18. The van der Waals surface area contributed by atoms with Gasteiger partial charge in [-0.2, -0.15) is 5.10 Å². The first kappa shape index (κ1) is 15.7. The number of nitrogens with one attached hydrogen (secondary N) is 1. The fourth-order valence-corrected chi connectivity index (χ4v) is 2.37. The first-order chi connectivity index (χ1) is 11.6. The van der Waals surface area contributed by atoms with Crippen LogP contribution in [0.2, 0.25) is 0 Å². The fourth-order valence-electron chi connectivity index (χ4n) is 2.37. The van der Waals surface area contributed by atoms with E-state index < -0.39 is 0 Å². The molecule has 24 heavy (non-hydrogen) atoms. The van der Waals surface area contributed by atoms with Crippen molar-refractivity contribution in [2.24, 2.45) is 14.1 Å². The molecule has 3 heterocycles. The van der Waals surface area contributed by atoms with E-state index >= 15 is 0 Å². The van der Waals surface area contributed by atoms with Gasteiger partial charge in [-0.1, -0.05) is 0 Å². The summed E-state index contributed by atoms with van der Waals surface area (Å²) in [6, 6.07) is 5.73. The monoisotopic (exact) mass is 326 g/mol. The van der Waals surface area contributed by atoms with Crippen LogP contribution < -0.4 is 10.1 Å². The van der Waals surface area contributed by atoms with Crippen molar-refractivity contribution < 1.29 is 9.53 Å². The van der Waals surface area contributed by atoms with Crippen LogP contribution in [0.25, 0.3) is 11.3 Å². The number of hydrogen-bond donors (Lipinski definition) is 1. The van der Waals surface area contributed by atoms with Gasteiger partial charge in [0.1, 0.15) is 5.56 Å². The molecule has 1 N–H and O–H groups in total. The van der Waals surface area contributed by atoms with Crippen LogP contribution in [-0.4, -0.2) is 37.6 Å². The first-order valence-electron chi connectivity index (χ1n) is 7.37. The van der Waals surface area contributed by atoms with Gasteiger partial charge >= 0.3 is 0 Å². The zero-order chi connectivity index (χ0) is 17.1. The standard InChI is InChI=1S/C16H18N6O2/c1-21-10-13(16(20-21)24-3)15(23)18-9-12-7-14(19-22(12)2)11-5-4-6-17-8-11/h4-8,10H,9H2,1-3H3,(H,18,23). The largest absolute Gasteiger partial charge is 0.479 e. The third-order valence-electron chi connectivity index (χ3n) is 3.60. The van der Waals surface area contributed by atoms with Crippen LogP contribution in [0.15, 0.2) is 36.8 Å². The van der Waals surface area contributed by atoms with E-state index in [9.17, 15) is 4.79 Å². The van der Waals surface area contributed by atoms with E-state index in [0.29, 0.717) is 18.0 Å².